The monoisotopic (exact) mass is 366 g/mol. The van der Waals surface area contributed by atoms with Gasteiger partial charge in [-0.1, -0.05) is 32.9 Å². The molecule has 0 bridgehead atoms. The lowest BCUT2D eigenvalue weighted by atomic mass is 9.78. The number of rotatable bonds is 3. The summed E-state index contributed by atoms with van der Waals surface area (Å²) in [5.74, 6) is 0.781. The van der Waals surface area contributed by atoms with Gasteiger partial charge in [-0.05, 0) is 50.5 Å². The van der Waals surface area contributed by atoms with E-state index in [2.05, 4.69) is 25.7 Å². The van der Waals surface area contributed by atoms with E-state index in [0.717, 1.165) is 32.5 Å². The molecule has 0 radical (unpaired) electrons. The van der Waals surface area contributed by atoms with E-state index in [4.69, 9.17) is 4.74 Å². The zero-order chi connectivity index (χ0) is 18.1. The molecule has 5 nitrogen and oxygen atoms in total. The molecule has 3 rings (SSSR count). The zero-order valence-electron chi connectivity index (χ0n) is 15.6. The van der Waals surface area contributed by atoms with Crippen LogP contribution < -0.4 is 4.74 Å². The quantitative estimate of drug-likeness (QED) is 0.825. The Labute approximate surface area is 152 Å². The zero-order valence-corrected chi connectivity index (χ0v) is 16.4. The fourth-order valence-electron chi connectivity index (χ4n) is 3.87. The Morgan fingerprint density at radius 1 is 1.20 bits per heavy atom. The van der Waals surface area contributed by atoms with E-state index in [-0.39, 0.29) is 11.3 Å². The summed E-state index contributed by atoms with van der Waals surface area (Å²) < 4.78 is 34.4. The lowest BCUT2D eigenvalue weighted by Crippen LogP contribution is -2.52. The highest BCUT2D eigenvalue weighted by molar-refractivity contribution is 7.89. The molecule has 0 aliphatic carbocycles. The third-order valence-electron chi connectivity index (χ3n) is 5.45. The van der Waals surface area contributed by atoms with E-state index in [0.29, 0.717) is 30.3 Å². The average molecular weight is 367 g/mol. The maximum absolute atomic E-state index is 13.3. The van der Waals surface area contributed by atoms with Crippen molar-refractivity contribution in [3.8, 4) is 5.75 Å². The lowest BCUT2D eigenvalue weighted by Gasteiger charge is -2.45. The normalized spacial score (nSPS) is 23.7. The summed E-state index contributed by atoms with van der Waals surface area (Å²) in [6.07, 6.45) is 1.96. The highest BCUT2D eigenvalue weighted by Gasteiger charge is 2.42. The Hall–Kier alpha value is -1.11. The van der Waals surface area contributed by atoms with E-state index in [9.17, 15) is 8.42 Å². The molecule has 1 spiro atoms. The van der Waals surface area contributed by atoms with Crippen LogP contribution in [0.5, 0.6) is 5.75 Å². The van der Waals surface area contributed by atoms with Gasteiger partial charge < -0.3 is 9.64 Å². The second-order valence-corrected chi connectivity index (χ2v) is 9.77. The number of likely N-dealkylation sites (tertiary alicyclic amines) is 1. The molecular weight excluding hydrogens is 336 g/mol. The summed E-state index contributed by atoms with van der Waals surface area (Å²) in [7, 11) is -3.54. The molecule has 2 aliphatic heterocycles. The second kappa shape index (κ2) is 7.25. The predicted octanol–water partition coefficient (Wildman–Crippen LogP) is 2.83. The van der Waals surface area contributed by atoms with Crippen LogP contribution in [0.3, 0.4) is 0 Å². The smallest absolute Gasteiger partial charge is 0.246 e. The number of hydrogen-bond donors (Lipinski definition) is 0. The minimum absolute atomic E-state index is 0.0961. The number of hydrogen-bond acceptors (Lipinski definition) is 4. The second-order valence-electron chi connectivity index (χ2n) is 7.86. The summed E-state index contributed by atoms with van der Waals surface area (Å²) >= 11 is 0. The van der Waals surface area contributed by atoms with Crippen molar-refractivity contribution in [2.75, 3.05) is 39.3 Å². The molecule has 1 aromatic rings. The summed E-state index contributed by atoms with van der Waals surface area (Å²) in [5.41, 5.74) is -0.0961. The largest absolute Gasteiger partial charge is 0.492 e. The van der Waals surface area contributed by atoms with Crippen molar-refractivity contribution in [3.05, 3.63) is 24.3 Å². The van der Waals surface area contributed by atoms with Crippen LogP contribution in [0.1, 0.15) is 33.6 Å². The Bertz CT molecular complexity index is 694. The third kappa shape index (κ3) is 3.86. The number of para-hydroxylation sites is 1. The van der Waals surface area contributed by atoms with E-state index in [1.165, 1.54) is 0 Å². The molecule has 0 atom stereocenters. The molecule has 1 saturated heterocycles. The molecule has 0 saturated carbocycles. The molecule has 1 aromatic carbocycles. The molecule has 140 valence electrons. The maximum atomic E-state index is 13.3. The third-order valence-corrected chi connectivity index (χ3v) is 7.30. The number of ether oxygens (including phenoxy) is 1. The molecule has 0 N–H and O–H groups in total. The van der Waals surface area contributed by atoms with Crippen LogP contribution in [0.15, 0.2) is 29.2 Å². The lowest BCUT2D eigenvalue weighted by molar-refractivity contribution is 0.0352. The fraction of sp³-hybridized carbons (Fsp3) is 0.684. The van der Waals surface area contributed by atoms with Gasteiger partial charge in [0.25, 0.3) is 0 Å². The first kappa shape index (κ1) is 18.7. The van der Waals surface area contributed by atoms with Gasteiger partial charge in [-0.3, -0.25) is 0 Å². The number of fused-ring (bicyclic) bond motifs is 1. The van der Waals surface area contributed by atoms with E-state index in [1.807, 2.05) is 6.07 Å². The van der Waals surface area contributed by atoms with Crippen LogP contribution in [0.4, 0.5) is 0 Å². The van der Waals surface area contributed by atoms with Crippen LogP contribution in [0.25, 0.3) is 0 Å². The van der Waals surface area contributed by atoms with Crippen LogP contribution in [-0.4, -0.2) is 57.0 Å². The Kier molecular flexibility index (Phi) is 5.42. The van der Waals surface area contributed by atoms with Gasteiger partial charge in [-0.2, -0.15) is 4.31 Å². The Balaban J connectivity index is 1.97. The van der Waals surface area contributed by atoms with Gasteiger partial charge in [0.05, 0.1) is 6.61 Å². The van der Waals surface area contributed by atoms with Gasteiger partial charge in [0.2, 0.25) is 10.0 Å². The molecule has 1 fully saturated rings. The standard InChI is InChI=1S/C19H30N2O3S/c1-4-20-11-9-19(10-12-20)14-21(13-16(2)3)25(22,23)18-8-6-5-7-17(18)24-15-19/h5-8,16H,4,9-15H2,1-3H3. The molecular formula is C19H30N2O3S. The first-order chi connectivity index (χ1) is 11.9. The summed E-state index contributed by atoms with van der Waals surface area (Å²) in [5, 5.41) is 0. The molecule has 2 aliphatic rings. The predicted molar refractivity (Wildman–Crippen MR) is 99.3 cm³/mol. The van der Waals surface area contributed by atoms with Crippen molar-refractivity contribution >= 4 is 10.0 Å². The highest BCUT2D eigenvalue weighted by atomic mass is 32.2. The van der Waals surface area contributed by atoms with Gasteiger partial charge in [0, 0.05) is 18.5 Å². The minimum atomic E-state index is -3.54. The highest BCUT2D eigenvalue weighted by Crippen LogP contribution is 2.39. The molecule has 6 heteroatoms. The Morgan fingerprint density at radius 2 is 1.88 bits per heavy atom. The molecule has 25 heavy (non-hydrogen) atoms. The first-order valence-corrected chi connectivity index (χ1v) is 10.7. The van der Waals surface area contributed by atoms with Crippen molar-refractivity contribution in [1.82, 2.24) is 9.21 Å². The van der Waals surface area contributed by atoms with E-state index in [1.54, 1.807) is 22.5 Å². The number of piperidine rings is 1. The SMILES string of the molecule is CCN1CCC2(CC1)COc1ccccc1S(=O)(=O)N(CC(C)C)C2. The van der Waals surface area contributed by atoms with Gasteiger partial charge in [0.1, 0.15) is 10.6 Å². The molecule has 0 amide bonds. The summed E-state index contributed by atoms with van der Waals surface area (Å²) in [6.45, 7) is 11.1. The fourth-order valence-corrected chi connectivity index (χ4v) is 5.72. The van der Waals surface area contributed by atoms with E-state index >= 15 is 0 Å². The maximum Gasteiger partial charge on any atom is 0.246 e. The molecule has 0 unspecified atom stereocenters. The number of benzene rings is 1. The average Bonchev–Trinajstić information content (AvgIpc) is 2.59. The van der Waals surface area contributed by atoms with Crippen molar-refractivity contribution < 1.29 is 13.2 Å². The molecule has 0 aromatic heterocycles. The van der Waals surface area contributed by atoms with Gasteiger partial charge in [0.15, 0.2) is 0 Å². The Morgan fingerprint density at radius 3 is 2.52 bits per heavy atom. The van der Waals surface area contributed by atoms with Gasteiger partial charge in [-0.15, -0.1) is 0 Å². The summed E-state index contributed by atoms with van der Waals surface area (Å²) in [4.78, 5) is 2.73. The van der Waals surface area contributed by atoms with Crippen LogP contribution in [0, 0.1) is 11.3 Å². The number of sulfonamides is 1. The van der Waals surface area contributed by atoms with Crippen molar-refractivity contribution in [2.45, 2.75) is 38.5 Å². The first-order valence-electron chi connectivity index (χ1n) is 9.31. The van der Waals surface area contributed by atoms with Crippen molar-refractivity contribution in [3.63, 3.8) is 0 Å². The van der Waals surface area contributed by atoms with Gasteiger partial charge in [-0.25, -0.2) is 8.42 Å². The molecule has 2 heterocycles. The van der Waals surface area contributed by atoms with Crippen molar-refractivity contribution in [2.24, 2.45) is 11.3 Å². The van der Waals surface area contributed by atoms with Crippen molar-refractivity contribution in [1.29, 1.82) is 0 Å². The summed E-state index contributed by atoms with van der Waals surface area (Å²) in [6, 6.07) is 7.05. The van der Waals surface area contributed by atoms with E-state index < -0.39 is 10.0 Å². The van der Waals surface area contributed by atoms with Crippen LogP contribution in [-0.2, 0) is 10.0 Å². The topological polar surface area (TPSA) is 49.9 Å². The van der Waals surface area contributed by atoms with Gasteiger partial charge >= 0.3 is 0 Å². The van der Waals surface area contributed by atoms with Crippen LogP contribution >= 0.6 is 0 Å². The minimum Gasteiger partial charge on any atom is -0.492 e. The van der Waals surface area contributed by atoms with Crippen LogP contribution in [0.2, 0.25) is 0 Å². The number of nitrogens with zero attached hydrogens (tertiary/aromatic N) is 2.